The maximum Gasteiger partial charge on any atom is 0.319 e. The number of carbonyl (C=O) groups is 1. The van der Waals surface area contributed by atoms with Crippen molar-refractivity contribution in [3.63, 3.8) is 0 Å². The van der Waals surface area contributed by atoms with Crippen molar-refractivity contribution in [2.45, 2.75) is 33.4 Å². The molecular formula is C17H21N3O2. The number of nitrogens with zero attached hydrogens (tertiary/aromatic N) is 1. The summed E-state index contributed by atoms with van der Waals surface area (Å²) in [5.41, 5.74) is 2.47. The van der Waals surface area contributed by atoms with E-state index in [1.807, 2.05) is 63.2 Å². The van der Waals surface area contributed by atoms with Crippen LogP contribution < -0.4 is 15.4 Å². The first-order valence-corrected chi connectivity index (χ1v) is 7.27. The van der Waals surface area contributed by atoms with Crippen molar-refractivity contribution < 1.29 is 9.53 Å². The van der Waals surface area contributed by atoms with E-state index in [2.05, 4.69) is 15.6 Å². The molecule has 0 unspecified atom stereocenters. The molecule has 0 aliphatic carbocycles. The Bertz CT molecular complexity index is 624. The third kappa shape index (κ3) is 5.09. The number of ether oxygens (including phenoxy) is 1. The van der Waals surface area contributed by atoms with Crippen LogP contribution in [0.15, 0.2) is 42.5 Å². The topological polar surface area (TPSA) is 63.2 Å². The predicted molar refractivity (Wildman–Crippen MR) is 87.0 cm³/mol. The van der Waals surface area contributed by atoms with Crippen LogP contribution in [0.1, 0.15) is 25.2 Å². The number of aromatic nitrogens is 1. The molecule has 22 heavy (non-hydrogen) atoms. The molecule has 0 atom stereocenters. The Morgan fingerprint density at radius 2 is 1.91 bits per heavy atom. The van der Waals surface area contributed by atoms with Gasteiger partial charge in [-0.1, -0.05) is 6.07 Å². The second-order valence-electron chi connectivity index (χ2n) is 5.27. The standard InChI is InChI=1S/C17H21N3O2/c1-12(2)22-16-9-7-14(8-10-16)20-17(21)18-11-15-6-4-5-13(3)19-15/h4-10,12H,11H2,1-3H3,(H2,18,20,21). The van der Waals surface area contributed by atoms with E-state index in [0.29, 0.717) is 12.2 Å². The Hall–Kier alpha value is -2.56. The molecule has 2 N–H and O–H groups in total. The number of hydrogen-bond donors (Lipinski definition) is 2. The van der Waals surface area contributed by atoms with Crippen molar-refractivity contribution in [2.24, 2.45) is 0 Å². The van der Waals surface area contributed by atoms with E-state index in [4.69, 9.17) is 4.74 Å². The molecule has 116 valence electrons. The summed E-state index contributed by atoms with van der Waals surface area (Å²) in [6, 6.07) is 12.7. The van der Waals surface area contributed by atoms with Gasteiger partial charge in [-0.3, -0.25) is 4.98 Å². The highest BCUT2D eigenvalue weighted by Gasteiger charge is 2.03. The minimum atomic E-state index is -0.263. The molecular weight excluding hydrogens is 278 g/mol. The Kier molecular flexibility index (Phi) is 5.36. The zero-order valence-electron chi connectivity index (χ0n) is 13.1. The normalized spacial score (nSPS) is 10.4. The monoisotopic (exact) mass is 299 g/mol. The number of nitrogens with one attached hydrogen (secondary N) is 2. The van der Waals surface area contributed by atoms with Gasteiger partial charge in [0.1, 0.15) is 5.75 Å². The number of hydrogen-bond acceptors (Lipinski definition) is 3. The van der Waals surface area contributed by atoms with Crippen LogP contribution >= 0.6 is 0 Å². The van der Waals surface area contributed by atoms with Crippen LogP contribution in [0, 0.1) is 6.92 Å². The maximum absolute atomic E-state index is 11.9. The van der Waals surface area contributed by atoms with E-state index in [-0.39, 0.29) is 12.1 Å². The molecule has 0 radical (unpaired) electrons. The van der Waals surface area contributed by atoms with E-state index in [9.17, 15) is 4.79 Å². The van der Waals surface area contributed by atoms with Gasteiger partial charge in [0.15, 0.2) is 0 Å². The van der Waals surface area contributed by atoms with Crippen LogP contribution in [0.25, 0.3) is 0 Å². The summed E-state index contributed by atoms with van der Waals surface area (Å²) in [5, 5.41) is 5.55. The van der Waals surface area contributed by atoms with Gasteiger partial charge in [0, 0.05) is 11.4 Å². The lowest BCUT2D eigenvalue weighted by molar-refractivity contribution is 0.242. The quantitative estimate of drug-likeness (QED) is 0.888. The van der Waals surface area contributed by atoms with Crippen molar-refractivity contribution in [2.75, 3.05) is 5.32 Å². The predicted octanol–water partition coefficient (Wildman–Crippen LogP) is 3.50. The van der Waals surface area contributed by atoms with Crippen molar-refractivity contribution >= 4 is 11.7 Å². The fraction of sp³-hybridized carbons (Fsp3) is 0.294. The number of amides is 2. The fourth-order valence-electron chi connectivity index (χ4n) is 1.93. The third-order valence-corrected chi connectivity index (χ3v) is 2.86. The number of pyridine rings is 1. The summed E-state index contributed by atoms with van der Waals surface area (Å²) >= 11 is 0. The molecule has 1 aromatic carbocycles. The summed E-state index contributed by atoms with van der Waals surface area (Å²) in [4.78, 5) is 16.2. The number of urea groups is 1. The lowest BCUT2D eigenvalue weighted by Crippen LogP contribution is -2.28. The van der Waals surface area contributed by atoms with Gasteiger partial charge in [0.2, 0.25) is 0 Å². The second kappa shape index (κ2) is 7.45. The number of aryl methyl sites for hydroxylation is 1. The van der Waals surface area contributed by atoms with Gasteiger partial charge < -0.3 is 15.4 Å². The lowest BCUT2D eigenvalue weighted by Gasteiger charge is -2.11. The Labute approximate surface area is 130 Å². The molecule has 0 fully saturated rings. The maximum atomic E-state index is 11.9. The molecule has 0 bridgehead atoms. The highest BCUT2D eigenvalue weighted by atomic mass is 16.5. The zero-order chi connectivity index (χ0) is 15.9. The lowest BCUT2D eigenvalue weighted by atomic mass is 10.3. The SMILES string of the molecule is Cc1cccc(CNC(=O)Nc2ccc(OC(C)C)cc2)n1. The molecule has 0 spiro atoms. The second-order valence-corrected chi connectivity index (χ2v) is 5.27. The van der Waals surface area contributed by atoms with Crippen LogP contribution in [-0.2, 0) is 6.54 Å². The Balaban J connectivity index is 1.84. The van der Waals surface area contributed by atoms with E-state index >= 15 is 0 Å². The molecule has 1 aromatic heterocycles. The first kappa shape index (κ1) is 15.8. The van der Waals surface area contributed by atoms with Crippen LogP contribution in [-0.4, -0.2) is 17.1 Å². The first-order valence-electron chi connectivity index (χ1n) is 7.27. The van der Waals surface area contributed by atoms with Gasteiger partial charge in [0.05, 0.1) is 18.3 Å². The first-order chi connectivity index (χ1) is 10.5. The molecule has 0 aliphatic heterocycles. The minimum Gasteiger partial charge on any atom is -0.491 e. The highest BCUT2D eigenvalue weighted by Crippen LogP contribution is 2.16. The van der Waals surface area contributed by atoms with Gasteiger partial charge in [0.25, 0.3) is 0 Å². The fourth-order valence-corrected chi connectivity index (χ4v) is 1.93. The van der Waals surface area contributed by atoms with E-state index in [1.165, 1.54) is 0 Å². The van der Waals surface area contributed by atoms with Crippen molar-refractivity contribution in [1.29, 1.82) is 0 Å². The molecule has 0 aliphatic rings. The van der Waals surface area contributed by atoms with Crippen molar-refractivity contribution in [3.8, 4) is 5.75 Å². The minimum absolute atomic E-state index is 0.129. The number of rotatable bonds is 5. The Morgan fingerprint density at radius 1 is 1.18 bits per heavy atom. The van der Waals surface area contributed by atoms with Crippen LogP contribution in [0.2, 0.25) is 0 Å². The van der Waals surface area contributed by atoms with Crippen LogP contribution in [0.3, 0.4) is 0 Å². The molecule has 1 heterocycles. The Morgan fingerprint density at radius 3 is 2.55 bits per heavy atom. The summed E-state index contributed by atoms with van der Waals surface area (Å²) in [5.74, 6) is 0.782. The van der Waals surface area contributed by atoms with Gasteiger partial charge in [-0.05, 0) is 57.2 Å². The van der Waals surface area contributed by atoms with Gasteiger partial charge in [-0.25, -0.2) is 4.79 Å². The van der Waals surface area contributed by atoms with E-state index in [0.717, 1.165) is 17.1 Å². The molecule has 0 saturated carbocycles. The summed E-state index contributed by atoms with van der Waals surface area (Å²) in [6.07, 6.45) is 0.129. The molecule has 2 rings (SSSR count). The molecule has 5 heteroatoms. The molecule has 0 saturated heterocycles. The summed E-state index contributed by atoms with van der Waals surface area (Å²) < 4.78 is 5.55. The van der Waals surface area contributed by atoms with Crippen molar-refractivity contribution in [1.82, 2.24) is 10.3 Å². The molecule has 2 aromatic rings. The average molecular weight is 299 g/mol. The molecule has 5 nitrogen and oxygen atoms in total. The largest absolute Gasteiger partial charge is 0.491 e. The van der Waals surface area contributed by atoms with E-state index < -0.39 is 0 Å². The summed E-state index contributed by atoms with van der Waals surface area (Å²) in [7, 11) is 0. The number of carbonyl (C=O) groups excluding carboxylic acids is 1. The van der Waals surface area contributed by atoms with Gasteiger partial charge in [-0.15, -0.1) is 0 Å². The van der Waals surface area contributed by atoms with Crippen molar-refractivity contribution in [3.05, 3.63) is 53.9 Å². The van der Waals surface area contributed by atoms with E-state index in [1.54, 1.807) is 0 Å². The zero-order valence-corrected chi connectivity index (χ0v) is 13.1. The molecule has 2 amide bonds. The van der Waals surface area contributed by atoms with Crippen LogP contribution in [0.5, 0.6) is 5.75 Å². The highest BCUT2D eigenvalue weighted by molar-refractivity contribution is 5.89. The smallest absolute Gasteiger partial charge is 0.319 e. The third-order valence-electron chi connectivity index (χ3n) is 2.86. The van der Waals surface area contributed by atoms with Gasteiger partial charge >= 0.3 is 6.03 Å². The van der Waals surface area contributed by atoms with Gasteiger partial charge in [-0.2, -0.15) is 0 Å². The average Bonchev–Trinajstić information content (AvgIpc) is 2.47. The number of benzene rings is 1. The number of anilines is 1. The summed E-state index contributed by atoms with van der Waals surface area (Å²) in [6.45, 7) is 6.25. The van der Waals surface area contributed by atoms with Crippen LogP contribution in [0.4, 0.5) is 10.5 Å².